The normalized spacial score (nSPS) is 22.5. The summed E-state index contributed by atoms with van der Waals surface area (Å²) in [5.41, 5.74) is 5.73. The van der Waals surface area contributed by atoms with Gasteiger partial charge in [0, 0.05) is 25.0 Å². The van der Waals surface area contributed by atoms with E-state index in [4.69, 9.17) is 5.73 Å². The van der Waals surface area contributed by atoms with Crippen LogP contribution in [0.4, 0.5) is 0 Å². The van der Waals surface area contributed by atoms with Crippen molar-refractivity contribution in [1.82, 2.24) is 10.2 Å². The molecule has 2 rings (SSSR count). The van der Waals surface area contributed by atoms with E-state index in [1.807, 2.05) is 25.7 Å². The molecule has 5 heteroatoms. The van der Waals surface area contributed by atoms with Crippen LogP contribution in [0.3, 0.4) is 0 Å². The number of nitrogens with zero attached hydrogens (tertiary/aromatic N) is 1. The van der Waals surface area contributed by atoms with Gasteiger partial charge in [-0.05, 0) is 31.1 Å². The standard InChI is InChI=1S/C15H27N3O2/c1-15(2,3)12(16)13(19)17-11-6-8-18(9-7-11)14(20)10-4-5-10/h10-12H,4-9,16H2,1-3H3,(H,17,19)/t12-/m1/s1. The van der Waals surface area contributed by atoms with Crippen LogP contribution in [-0.2, 0) is 9.59 Å². The molecule has 0 aromatic rings. The number of piperidine rings is 1. The molecule has 1 heterocycles. The lowest BCUT2D eigenvalue weighted by molar-refractivity contribution is -0.133. The molecule has 0 radical (unpaired) electrons. The number of carbonyl (C=O) groups excluding carboxylic acids is 2. The fourth-order valence-corrected chi connectivity index (χ4v) is 2.52. The third-order valence-electron chi connectivity index (χ3n) is 4.30. The Morgan fingerprint density at radius 1 is 1.15 bits per heavy atom. The first-order chi connectivity index (χ1) is 9.29. The van der Waals surface area contributed by atoms with E-state index in [1.54, 1.807) is 0 Å². The highest BCUT2D eigenvalue weighted by Gasteiger charge is 2.35. The van der Waals surface area contributed by atoms with Gasteiger partial charge >= 0.3 is 0 Å². The summed E-state index contributed by atoms with van der Waals surface area (Å²) in [6, 6.07) is -0.340. The summed E-state index contributed by atoms with van der Waals surface area (Å²) in [5.74, 6) is 0.515. The lowest BCUT2D eigenvalue weighted by Gasteiger charge is -2.34. The number of nitrogens with two attached hydrogens (primary N) is 1. The van der Waals surface area contributed by atoms with Crippen LogP contribution in [0, 0.1) is 11.3 Å². The van der Waals surface area contributed by atoms with E-state index in [0.717, 1.165) is 38.8 Å². The molecule has 0 bridgehead atoms. The quantitative estimate of drug-likeness (QED) is 0.806. The summed E-state index contributed by atoms with van der Waals surface area (Å²) >= 11 is 0. The van der Waals surface area contributed by atoms with E-state index >= 15 is 0 Å². The van der Waals surface area contributed by atoms with Crippen LogP contribution in [0.2, 0.25) is 0 Å². The Morgan fingerprint density at radius 3 is 2.15 bits per heavy atom. The second kappa shape index (κ2) is 5.72. The second-order valence-corrected chi connectivity index (χ2v) is 7.23. The molecule has 2 fully saturated rings. The number of hydrogen-bond donors (Lipinski definition) is 2. The molecule has 0 unspecified atom stereocenters. The van der Waals surface area contributed by atoms with E-state index in [9.17, 15) is 9.59 Å². The van der Waals surface area contributed by atoms with Crippen LogP contribution >= 0.6 is 0 Å². The maximum Gasteiger partial charge on any atom is 0.237 e. The first-order valence-electron chi connectivity index (χ1n) is 7.64. The lowest BCUT2D eigenvalue weighted by Crippen LogP contribution is -2.54. The van der Waals surface area contributed by atoms with E-state index in [2.05, 4.69) is 5.32 Å². The summed E-state index contributed by atoms with van der Waals surface area (Å²) in [6.45, 7) is 7.41. The minimum absolute atomic E-state index is 0.0792. The summed E-state index contributed by atoms with van der Waals surface area (Å²) in [5, 5.41) is 3.03. The minimum atomic E-state index is -0.492. The van der Waals surface area contributed by atoms with Crippen LogP contribution in [0.5, 0.6) is 0 Å². The molecule has 1 aliphatic heterocycles. The third kappa shape index (κ3) is 3.72. The SMILES string of the molecule is CC(C)(C)[C@H](N)C(=O)NC1CCN(C(=O)C2CC2)CC1. The van der Waals surface area contributed by atoms with Gasteiger partial charge in [0.2, 0.25) is 11.8 Å². The first kappa shape index (κ1) is 15.3. The average molecular weight is 281 g/mol. The summed E-state index contributed by atoms with van der Waals surface area (Å²) in [7, 11) is 0. The second-order valence-electron chi connectivity index (χ2n) is 7.23. The van der Waals surface area contributed by atoms with Crippen molar-refractivity contribution in [2.75, 3.05) is 13.1 Å². The van der Waals surface area contributed by atoms with Gasteiger partial charge in [-0.25, -0.2) is 0 Å². The largest absolute Gasteiger partial charge is 0.352 e. The van der Waals surface area contributed by atoms with Crippen molar-refractivity contribution >= 4 is 11.8 Å². The molecule has 1 atom stereocenters. The van der Waals surface area contributed by atoms with Crippen LogP contribution in [0.15, 0.2) is 0 Å². The topological polar surface area (TPSA) is 75.4 Å². The van der Waals surface area contributed by atoms with Gasteiger partial charge in [0.1, 0.15) is 0 Å². The van der Waals surface area contributed by atoms with Gasteiger partial charge in [0.05, 0.1) is 6.04 Å². The molecule has 0 aromatic carbocycles. The Balaban J connectivity index is 1.76. The van der Waals surface area contributed by atoms with Gasteiger partial charge in [-0.1, -0.05) is 20.8 Å². The summed E-state index contributed by atoms with van der Waals surface area (Å²) in [4.78, 5) is 26.0. The molecular formula is C15H27N3O2. The Kier molecular flexibility index (Phi) is 4.37. The highest BCUT2D eigenvalue weighted by molar-refractivity contribution is 5.83. The molecule has 5 nitrogen and oxygen atoms in total. The average Bonchev–Trinajstić information content (AvgIpc) is 3.21. The molecule has 2 amide bonds. The zero-order valence-corrected chi connectivity index (χ0v) is 12.8. The van der Waals surface area contributed by atoms with Crippen molar-refractivity contribution in [2.45, 2.75) is 58.5 Å². The van der Waals surface area contributed by atoms with Gasteiger partial charge in [0.15, 0.2) is 0 Å². The molecule has 3 N–H and O–H groups in total. The number of nitrogens with one attached hydrogen (secondary N) is 1. The number of likely N-dealkylation sites (tertiary alicyclic amines) is 1. The summed E-state index contributed by atoms with van der Waals surface area (Å²) in [6.07, 6.45) is 3.77. The van der Waals surface area contributed by atoms with E-state index in [0.29, 0.717) is 5.91 Å². The van der Waals surface area contributed by atoms with Gasteiger partial charge in [-0.2, -0.15) is 0 Å². The van der Waals surface area contributed by atoms with Crippen molar-refractivity contribution in [2.24, 2.45) is 17.1 Å². The van der Waals surface area contributed by atoms with Gasteiger partial charge in [-0.3, -0.25) is 9.59 Å². The van der Waals surface area contributed by atoms with E-state index in [1.165, 1.54) is 0 Å². The monoisotopic (exact) mass is 281 g/mol. The minimum Gasteiger partial charge on any atom is -0.352 e. The smallest absolute Gasteiger partial charge is 0.237 e. The van der Waals surface area contributed by atoms with Gasteiger partial charge in [0.25, 0.3) is 0 Å². The molecule has 1 saturated heterocycles. The van der Waals surface area contributed by atoms with E-state index < -0.39 is 6.04 Å². The predicted octanol–water partition coefficient (Wildman–Crippen LogP) is 0.877. The Labute approximate surface area is 121 Å². The van der Waals surface area contributed by atoms with Crippen molar-refractivity contribution in [3.05, 3.63) is 0 Å². The fourth-order valence-electron chi connectivity index (χ4n) is 2.52. The first-order valence-corrected chi connectivity index (χ1v) is 7.64. The Morgan fingerprint density at radius 2 is 1.70 bits per heavy atom. The number of amides is 2. The zero-order chi connectivity index (χ0) is 14.9. The van der Waals surface area contributed by atoms with Crippen molar-refractivity contribution < 1.29 is 9.59 Å². The van der Waals surface area contributed by atoms with Crippen molar-refractivity contribution in [3.8, 4) is 0 Å². The van der Waals surface area contributed by atoms with Crippen molar-refractivity contribution in [1.29, 1.82) is 0 Å². The van der Waals surface area contributed by atoms with Crippen LogP contribution in [0.25, 0.3) is 0 Å². The van der Waals surface area contributed by atoms with Crippen LogP contribution < -0.4 is 11.1 Å². The third-order valence-corrected chi connectivity index (χ3v) is 4.30. The highest BCUT2D eigenvalue weighted by atomic mass is 16.2. The van der Waals surface area contributed by atoms with Gasteiger partial charge in [-0.15, -0.1) is 0 Å². The predicted molar refractivity (Wildman–Crippen MR) is 77.9 cm³/mol. The molecular weight excluding hydrogens is 254 g/mol. The van der Waals surface area contributed by atoms with Crippen LogP contribution in [0.1, 0.15) is 46.5 Å². The number of rotatable bonds is 3. The molecule has 0 spiro atoms. The van der Waals surface area contributed by atoms with Gasteiger partial charge < -0.3 is 16.0 Å². The van der Waals surface area contributed by atoms with Crippen LogP contribution in [-0.4, -0.2) is 41.9 Å². The lowest BCUT2D eigenvalue weighted by atomic mass is 9.86. The zero-order valence-electron chi connectivity index (χ0n) is 12.8. The maximum absolute atomic E-state index is 12.1. The number of hydrogen-bond acceptors (Lipinski definition) is 3. The fraction of sp³-hybridized carbons (Fsp3) is 0.867. The van der Waals surface area contributed by atoms with E-state index in [-0.39, 0.29) is 23.3 Å². The molecule has 2 aliphatic rings. The maximum atomic E-state index is 12.1. The number of carbonyl (C=O) groups is 2. The van der Waals surface area contributed by atoms with Crippen molar-refractivity contribution in [3.63, 3.8) is 0 Å². The summed E-state index contributed by atoms with van der Waals surface area (Å²) < 4.78 is 0. The highest BCUT2D eigenvalue weighted by Crippen LogP contribution is 2.31. The molecule has 20 heavy (non-hydrogen) atoms. The molecule has 0 aromatic heterocycles. The molecule has 1 saturated carbocycles. The molecule has 114 valence electrons. The Hall–Kier alpha value is -1.10. The molecule has 1 aliphatic carbocycles. The Bertz CT molecular complexity index is 377.